The normalized spacial score (nSPS) is 13.6. The summed E-state index contributed by atoms with van der Waals surface area (Å²) in [5, 5.41) is 11.2. The van der Waals surface area contributed by atoms with Crippen molar-refractivity contribution in [1.29, 1.82) is 0 Å². The third-order valence-corrected chi connectivity index (χ3v) is 3.55. The monoisotopic (exact) mass is 287 g/mol. The lowest BCUT2D eigenvalue weighted by Gasteiger charge is -2.14. The first-order chi connectivity index (χ1) is 10.3. The predicted octanol–water partition coefficient (Wildman–Crippen LogP) is 0.948. The summed E-state index contributed by atoms with van der Waals surface area (Å²) in [5.41, 5.74) is 0.495. The molecule has 1 N–H and O–H groups in total. The number of fused-ring (bicyclic) bond motifs is 1. The van der Waals surface area contributed by atoms with E-state index in [1.807, 2.05) is 0 Å². The van der Waals surface area contributed by atoms with Crippen LogP contribution in [0.3, 0.4) is 0 Å². The summed E-state index contributed by atoms with van der Waals surface area (Å²) in [6.45, 7) is 1.30. The Morgan fingerprint density at radius 2 is 2.29 bits per heavy atom. The molecule has 0 saturated carbocycles. The molecule has 1 amide bonds. The number of nitrogens with zero attached hydrogens (tertiary/aromatic N) is 4. The van der Waals surface area contributed by atoms with Gasteiger partial charge in [-0.15, -0.1) is 10.2 Å². The number of hydrogen-bond acceptors (Lipinski definition) is 5. The van der Waals surface area contributed by atoms with Gasteiger partial charge in [-0.05, 0) is 18.9 Å². The molecule has 7 heteroatoms. The Hall–Kier alpha value is -2.44. The average molecular weight is 287 g/mol. The minimum Gasteiger partial charge on any atom is -0.481 e. The lowest BCUT2D eigenvalue weighted by Crippen LogP contribution is -2.25. The first-order valence-electron chi connectivity index (χ1n) is 6.97. The van der Waals surface area contributed by atoms with Gasteiger partial charge in [0, 0.05) is 25.2 Å². The van der Waals surface area contributed by atoms with Gasteiger partial charge in [-0.3, -0.25) is 4.79 Å². The Balaban J connectivity index is 1.64. The van der Waals surface area contributed by atoms with Crippen LogP contribution in [0.4, 0.5) is 0 Å². The molecule has 0 unspecified atom stereocenters. The SMILES string of the molecule is COc1ccc(C(=O)NCc2nnc3n2CCCC3)cn1. The van der Waals surface area contributed by atoms with Crippen molar-refractivity contribution in [1.82, 2.24) is 25.1 Å². The molecule has 0 atom stereocenters. The van der Waals surface area contributed by atoms with Crippen molar-refractivity contribution >= 4 is 5.91 Å². The predicted molar refractivity (Wildman–Crippen MR) is 74.9 cm³/mol. The minimum absolute atomic E-state index is 0.182. The van der Waals surface area contributed by atoms with E-state index in [0.717, 1.165) is 37.5 Å². The van der Waals surface area contributed by atoms with Gasteiger partial charge >= 0.3 is 0 Å². The average Bonchev–Trinajstić information content (AvgIpc) is 2.96. The van der Waals surface area contributed by atoms with E-state index < -0.39 is 0 Å². The maximum atomic E-state index is 12.1. The Labute approximate surface area is 122 Å². The number of methoxy groups -OCH3 is 1. The molecular formula is C14H17N5O2. The van der Waals surface area contributed by atoms with E-state index in [-0.39, 0.29) is 5.91 Å². The Morgan fingerprint density at radius 3 is 3.05 bits per heavy atom. The van der Waals surface area contributed by atoms with Crippen LogP contribution in [0.5, 0.6) is 5.88 Å². The molecule has 1 aliphatic rings. The van der Waals surface area contributed by atoms with Crippen LogP contribution in [0.15, 0.2) is 18.3 Å². The number of ether oxygens (including phenoxy) is 1. The summed E-state index contributed by atoms with van der Waals surface area (Å²) in [6.07, 6.45) is 4.74. The zero-order chi connectivity index (χ0) is 14.7. The van der Waals surface area contributed by atoms with Crippen molar-refractivity contribution in [3.8, 4) is 5.88 Å². The fraction of sp³-hybridized carbons (Fsp3) is 0.429. The largest absolute Gasteiger partial charge is 0.481 e. The standard InChI is InChI=1S/C14H17N5O2/c1-21-13-6-5-10(8-15-13)14(20)16-9-12-18-17-11-4-2-3-7-19(11)12/h5-6,8H,2-4,7,9H2,1H3,(H,16,20). The number of nitrogens with one attached hydrogen (secondary N) is 1. The molecule has 0 aromatic carbocycles. The van der Waals surface area contributed by atoms with Crippen molar-refractivity contribution < 1.29 is 9.53 Å². The molecule has 21 heavy (non-hydrogen) atoms. The lowest BCUT2D eigenvalue weighted by molar-refractivity contribution is 0.0949. The van der Waals surface area contributed by atoms with Crippen LogP contribution in [-0.2, 0) is 19.5 Å². The van der Waals surface area contributed by atoms with Gasteiger partial charge < -0.3 is 14.6 Å². The van der Waals surface area contributed by atoms with E-state index in [9.17, 15) is 4.79 Å². The van der Waals surface area contributed by atoms with E-state index in [1.165, 1.54) is 13.3 Å². The summed E-state index contributed by atoms with van der Waals surface area (Å²) in [7, 11) is 1.54. The fourth-order valence-corrected chi connectivity index (χ4v) is 2.40. The number of hydrogen-bond donors (Lipinski definition) is 1. The molecule has 110 valence electrons. The Kier molecular flexibility index (Phi) is 3.81. The molecule has 1 aliphatic heterocycles. The van der Waals surface area contributed by atoms with E-state index >= 15 is 0 Å². The van der Waals surface area contributed by atoms with Crippen LogP contribution in [0.2, 0.25) is 0 Å². The maximum absolute atomic E-state index is 12.1. The van der Waals surface area contributed by atoms with Crippen molar-refractivity contribution in [2.75, 3.05) is 7.11 Å². The number of carbonyl (C=O) groups is 1. The summed E-state index contributed by atoms with van der Waals surface area (Å²) >= 11 is 0. The van der Waals surface area contributed by atoms with Gasteiger partial charge in [-0.25, -0.2) is 4.98 Å². The number of aryl methyl sites for hydroxylation is 1. The van der Waals surface area contributed by atoms with E-state index in [1.54, 1.807) is 12.1 Å². The Morgan fingerprint density at radius 1 is 1.38 bits per heavy atom. The topological polar surface area (TPSA) is 81.9 Å². The quantitative estimate of drug-likeness (QED) is 0.905. The third kappa shape index (κ3) is 2.86. The van der Waals surface area contributed by atoms with Crippen molar-refractivity contribution in [2.24, 2.45) is 0 Å². The van der Waals surface area contributed by atoms with Gasteiger partial charge in [0.1, 0.15) is 5.82 Å². The number of rotatable bonds is 4. The van der Waals surface area contributed by atoms with Crippen LogP contribution in [0.1, 0.15) is 34.8 Å². The molecular weight excluding hydrogens is 270 g/mol. The van der Waals surface area contributed by atoms with Crippen molar-refractivity contribution in [2.45, 2.75) is 32.4 Å². The van der Waals surface area contributed by atoms with Gasteiger partial charge in [-0.1, -0.05) is 0 Å². The Bertz CT molecular complexity index is 635. The molecule has 7 nitrogen and oxygen atoms in total. The van der Waals surface area contributed by atoms with Gasteiger partial charge in [0.15, 0.2) is 5.82 Å². The van der Waals surface area contributed by atoms with Crippen molar-refractivity contribution in [3.05, 3.63) is 35.5 Å². The van der Waals surface area contributed by atoms with Crippen LogP contribution in [-0.4, -0.2) is 32.8 Å². The number of pyridine rings is 1. The second-order valence-corrected chi connectivity index (χ2v) is 4.91. The highest BCUT2D eigenvalue weighted by Gasteiger charge is 2.16. The van der Waals surface area contributed by atoms with E-state index in [2.05, 4.69) is 25.1 Å². The first-order valence-corrected chi connectivity index (χ1v) is 6.97. The highest BCUT2D eigenvalue weighted by atomic mass is 16.5. The summed E-state index contributed by atoms with van der Waals surface area (Å²) in [6, 6.07) is 3.34. The van der Waals surface area contributed by atoms with Gasteiger partial charge in [-0.2, -0.15) is 0 Å². The molecule has 0 fully saturated rings. The molecule has 3 heterocycles. The zero-order valence-electron chi connectivity index (χ0n) is 11.9. The van der Waals surface area contributed by atoms with Crippen LogP contribution >= 0.6 is 0 Å². The maximum Gasteiger partial charge on any atom is 0.253 e. The highest BCUT2D eigenvalue weighted by Crippen LogP contribution is 2.14. The molecule has 0 radical (unpaired) electrons. The van der Waals surface area contributed by atoms with Crippen LogP contribution < -0.4 is 10.1 Å². The zero-order valence-corrected chi connectivity index (χ0v) is 11.9. The lowest BCUT2D eigenvalue weighted by atomic mass is 10.2. The molecule has 0 aliphatic carbocycles. The number of amides is 1. The highest BCUT2D eigenvalue weighted by molar-refractivity contribution is 5.93. The summed E-state index contributed by atoms with van der Waals surface area (Å²) in [5.74, 6) is 2.12. The molecule has 0 bridgehead atoms. The smallest absolute Gasteiger partial charge is 0.253 e. The minimum atomic E-state index is -0.182. The molecule has 2 aromatic heterocycles. The number of carbonyl (C=O) groups excluding carboxylic acids is 1. The van der Waals surface area contributed by atoms with Crippen molar-refractivity contribution in [3.63, 3.8) is 0 Å². The molecule has 0 saturated heterocycles. The second-order valence-electron chi connectivity index (χ2n) is 4.91. The van der Waals surface area contributed by atoms with Gasteiger partial charge in [0.2, 0.25) is 5.88 Å². The van der Waals surface area contributed by atoms with Gasteiger partial charge in [0.05, 0.1) is 19.2 Å². The van der Waals surface area contributed by atoms with Crippen LogP contribution in [0, 0.1) is 0 Å². The fourth-order valence-electron chi connectivity index (χ4n) is 2.40. The second kappa shape index (κ2) is 5.90. The van der Waals surface area contributed by atoms with Crippen LogP contribution in [0.25, 0.3) is 0 Å². The molecule has 3 rings (SSSR count). The number of aromatic nitrogens is 4. The third-order valence-electron chi connectivity index (χ3n) is 3.55. The van der Waals surface area contributed by atoms with Gasteiger partial charge in [0.25, 0.3) is 5.91 Å². The van der Waals surface area contributed by atoms with E-state index in [4.69, 9.17) is 4.74 Å². The first kappa shape index (κ1) is 13.5. The van der Waals surface area contributed by atoms with E-state index in [0.29, 0.717) is 18.0 Å². The molecule has 0 spiro atoms. The summed E-state index contributed by atoms with van der Waals surface area (Å²) in [4.78, 5) is 16.1. The summed E-state index contributed by atoms with van der Waals surface area (Å²) < 4.78 is 7.06. The molecule has 2 aromatic rings.